The number of rotatable bonds is 7. The van der Waals surface area contributed by atoms with Crippen molar-refractivity contribution in [3.63, 3.8) is 0 Å². The van der Waals surface area contributed by atoms with Crippen LogP contribution in [0, 0.1) is 0 Å². The number of methoxy groups -OCH3 is 1. The number of amides is 2. The molecule has 3 N–H and O–H groups in total. The lowest BCUT2D eigenvalue weighted by Gasteiger charge is -2.11. The van der Waals surface area contributed by atoms with Gasteiger partial charge in [0, 0.05) is 23.4 Å². The van der Waals surface area contributed by atoms with Crippen LogP contribution in [-0.2, 0) is 16.0 Å². The first-order chi connectivity index (χ1) is 15.9. The molecule has 7 nitrogen and oxygen atoms in total. The van der Waals surface area contributed by atoms with Gasteiger partial charge in [-0.1, -0.05) is 30.3 Å². The molecular weight excluding hydrogens is 438 g/mol. The molecule has 0 aromatic heterocycles. The van der Waals surface area contributed by atoms with Crippen molar-refractivity contribution in [2.75, 3.05) is 17.7 Å². The Labute approximate surface area is 197 Å². The molecule has 168 valence electrons. The number of carbonyl (C=O) groups excluding carboxylic acids is 3. The molecule has 33 heavy (non-hydrogen) atoms. The Kier molecular flexibility index (Phi) is 8.26. The first-order valence-electron chi connectivity index (χ1n) is 10.2. The van der Waals surface area contributed by atoms with Crippen LogP contribution in [0.2, 0.25) is 0 Å². The van der Waals surface area contributed by atoms with Crippen LogP contribution in [0.5, 0.6) is 0 Å². The number of hydrogen-bond donors (Lipinski definition) is 3. The minimum absolute atomic E-state index is 0.0689. The number of hydrogen-bond acceptors (Lipinski definition) is 5. The third-order valence-corrected chi connectivity index (χ3v) is 4.91. The Hall–Kier alpha value is -4.04. The molecule has 0 saturated heterocycles. The Balaban J connectivity index is 1.46. The van der Waals surface area contributed by atoms with Crippen LogP contribution in [-0.4, -0.2) is 30.0 Å². The molecule has 3 rings (SSSR count). The van der Waals surface area contributed by atoms with Gasteiger partial charge in [-0.15, -0.1) is 0 Å². The van der Waals surface area contributed by atoms with Crippen molar-refractivity contribution in [1.82, 2.24) is 5.32 Å². The average Bonchev–Trinajstić information content (AvgIpc) is 2.84. The molecule has 0 aliphatic rings. The Morgan fingerprint density at radius 3 is 1.97 bits per heavy atom. The van der Waals surface area contributed by atoms with E-state index in [4.69, 9.17) is 12.2 Å². The molecule has 8 heteroatoms. The molecule has 0 heterocycles. The molecule has 0 spiro atoms. The minimum atomic E-state index is -0.477. The van der Waals surface area contributed by atoms with Crippen LogP contribution in [0.3, 0.4) is 0 Å². The van der Waals surface area contributed by atoms with E-state index in [-0.39, 0.29) is 11.0 Å². The molecule has 0 radical (unpaired) electrons. The van der Waals surface area contributed by atoms with E-state index in [1.165, 1.54) is 31.4 Å². The molecule has 0 unspecified atom stereocenters. The van der Waals surface area contributed by atoms with Crippen molar-refractivity contribution in [3.8, 4) is 0 Å². The summed E-state index contributed by atoms with van der Waals surface area (Å²) in [4.78, 5) is 36.0. The van der Waals surface area contributed by atoms with Crippen molar-refractivity contribution in [3.05, 3.63) is 95.6 Å². The van der Waals surface area contributed by atoms with Crippen molar-refractivity contribution in [1.29, 1.82) is 0 Å². The molecule has 3 aromatic carbocycles. The highest BCUT2D eigenvalue weighted by atomic mass is 32.1. The second-order valence-electron chi connectivity index (χ2n) is 7.09. The number of nitrogens with one attached hydrogen (secondary N) is 3. The summed E-state index contributed by atoms with van der Waals surface area (Å²) in [5.41, 5.74) is 3.13. The average molecular weight is 462 g/mol. The molecule has 0 fully saturated rings. The molecule has 3 aromatic rings. The van der Waals surface area contributed by atoms with E-state index >= 15 is 0 Å². The minimum Gasteiger partial charge on any atom is -0.465 e. The largest absolute Gasteiger partial charge is 0.465 e. The van der Waals surface area contributed by atoms with Crippen LogP contribution >= 0.6 is 12.2 Å². The van der Waals surface area contributed by atoms with Gasteiger partial charge >= 0.3 is 5.97 Å². The summed E-state index contributed by atoms with van der Waals surface area (Å²) < 4.78 is 4.63. The van der Waals surface area contributed by atoms with Crippen LogP contribution in [0.4, 0.5) is 11.4 Å². The lowest BCUT2D eigenvalue weighted by molar-refractivity contribution is -0.116. The lowest BCUT2D eigenvalue weighted by Crippen LogP contribution is -2.34. The predicted octanol–water partition coefficient (Wildman–Crippen LogP) is 4.17. The third-order valence-electron chi connectivity index (χ3n) is 4.71. The van der Waals surface area contributed by atoms with E-state index in [1.54, 1.807) is 24.3 Å². The predicted molar refractivity (Wildman–Crippen MR) is 131 cm³/mol. The van der Waals surface area contributed by atoms with Crippen LogP contribution in [0.15, 0.2) is 78.9 Å². The van der Waals surface area contributed by atoms with E-state index in [2.05, 4.69) is 20.7 Å². The van der Waals surface area contributed by atoms with Gasteiger partial charge in [-0.2, -0.15) is 0 Å². The van der Waals surface area contributed by atoms with Gasteiger partial charge in [0.05, 0.1) is 12.7 Å². The van der Waals surface area contributed by atoms with Crippen LogP contribution in [0.25, 0.3) is 0 Å². The zero-order valence-electron chi connectivity index (χ0n) is 18.0. The molecule has 0 atom stereocenters. The van der Waals surface area contributed by atoms with Crippen molar-refractivity contribution in [2.45, 2.75) is 12.8 Å². The summed E-state index contributed by atoms with van der Waals surface area (Å²) >= 11 is 5.20. The zero-order valence-corrected chi connectivity index (χ0v) is 18.8. The van der Waals surface area contributed by atoms with Crippen LogP contribution in [0.1, 0.15) is 32.7 Å². The number of aryl methyl sites for hydroxylation is 1. The van der Waals surface area contributed by atoms with Crippen LogP contribution < -0.4 is 16.0 Å². The summed E-state index contributed by atoms with van der Waals surface area (Å²) in [6, 6.07) is 22.9. The van der Waals surface area contributed by atoms with Crippen molar-refractivity contribution < 1.29 is 19.1 Å². The maximum Gasteiger partial charge on any atom is 0.337 e. The van der Waals surface area contributed by atoms with E-state index in [9.17, 15) is 14.4 Å². The zero-order chi connectivity index (χ0) is 23.6. The summed E-state index contributed by atoms with van der Waals surface area (Å²) in [6.45, 7) is 0. The fraction of sp³-hybridized carbons (Fsp3) is 0.120. The van der Waals surface area contributed by atoms with E-state index in [1.807, 2.05) is 30.3 Å². The number of anilines is 2. The normalized spacial score (nSPS) is 10.1. The number of ether oxygens (including phenoxy) is 1. The molecule has 0 aliphatic carbocycles. The first kappa shape index (κ1) is 23.6. The maximum atomic E-state index is 12.3. The van der Waals surface area contributed by atoms with Gasteiger partial charge in [-0.05, 0) is 72.7 Å². The number of esters is 1. The Bertz CT molecular complexity index is 1130. The van der Waals surface area contributed by atoms with Gasteiger partial charge in [0.25, 0.3) is 5.91 Å². The van der Waals surface area contributed by atoms with Gasteiger partial charge in [-0.25, -0.2) is 4.79 Å². The lowest BCUT2D eigenvalue weighted by atomic mass is 10.1. The van der Waals surface area contributed by atoms with Crippen molar-refractivity contribution in [2.24, 2.45) is 0 Å². The SMILES string of the molecule is COC(=O)c1ccc(C(=O)NC(=S)Nc2ccc(NC(=O)CCc3ccccc3)cc2)cc1. The summed E-state index contributed by atoms with van der Waals surface area (Å²) in [6.07, 6.45) is 1.06. The monoisotopic (exact) mass is 461 g/mol. The quantitative estimate of drug-likeness (QED) is 0.361. The fourth-order valence-corrected chi connectivity index (χ4v) is 3.19. The van der Waals surface area contributed by atoms with Gasteiger partial charge < -0.3 is 15.4 Å². The van der Waals surface area contributed by atoms with E-state index in [0.29, 0.717) is 35.3 Å². The van der Waals surface area contributed by atoms with Gasteiger partial charge in [0.2, 0.25) is 5.91 Å². The second kappa shape index (κ2) is 11.5. The topological polar surface area (TPSA) is 96.5 Å². The third kappa shape index (κ3) is 7.26. The summed E-state index contributed by atoms with van der Waals surface area (Å²) in [5.74, 6) is -0.957. The highest BCUT2D eigenvalue weighted by Crippen LogP contribution is 2.14. The number of carbonyl (C=O) groups is 3. The molecular formula is C25H23N3O4S. The van der Waals surface area contributed by atoms with Gasteiger partial charge in [-0.3, -0.25) is 14.9 Å². The van der Waals surface area contributed by atoms with Gasteiger partial charge in [0.15, 0.2) is 5.11 Å². The molecule has 0 saturated carbocycles. The number of thiocarbonyl (C=S) groups is 1. The van der Waals surface area contributed by atoms with Gasteiger partial charge in [0.1, 0.15) is 0 Å². The first-order valence-corrected chi connectivity index (χ1v) is 10.6. The summed E-state index contributed by atoms with van der Waals surface area (Å²) in [5, 5.41) is 8.49. The second-order valence-corrected chi connectivity index (χ2v) is 7.50. The standard InChI is InChI=1S/C25H23N3O4S/c1-32-24(31)19-10-8-18(9-11-19)23(30)28-25(33)27-21-14-12-20(13-15-21)26-22(29)16-7-17-5-3-2-4-6-17/h2-6,8-15H,7,16H2,1H3,(H,26,29)(H2,27,28,30,33). The maximum absolute atomic E-state index is 12.3. The fourth-order valence-electron chi connectivity index (χ4n) is 2.98. The molecule has 0 bridgehead atoms. The molecule has 0 aliphatic heterocycles. The molecule has 2 amide bonds. The smallest absolute Gasteiger partial charge is 0.337 e. The Morgan fingerprint density at radius 1 is 0.788 bits per heavy atom. The van der Waals surface area contributed by atoms with E-state index in [0.717, 1.165) is 5.56 Å². The van der Waals surface area contributed by atoms with E-state index < -0.39 is 11.9 Å². The Morgan fingerprint density at radius 2 is 1.36 bits per heavy atom. The number of benzene rings is 3. The highest BCUT2D eigenvalue weighted by Gasteiger charge is 2.11. The van der Waals surface area contributed by atoms with Crippen molar-refractivity contribution >= 4 is 46.5 Å². The summed E-state index contributed by atoms with van der Waals surface area (Å²) in [7, 11) is 1.29. The highest BCUT2D eigenvalue weighted by molar-refractivity contribution is 7.80.